The van der Waals surface area contributed by atoms with Gasteiger partial charge < -0.3 is 0 Å². The second kappa shape index (κ2) is 7.57. The fraction of sp³-hybridized carbons (Fsp3) is 0.0667. The Labute approximate surface area is 140 Å². The third-order valence-corrected chi connectivity index (χ3v) is 2.91. The van der Waals surface area contributed by atoms with Gasteiger partial charge in [0, 0.05) is 5.02 Å². The quantitative estimate of drug-likeness (QED) is 0.348. The van der Waals surface area contributed by atoms with Crippen LogP contribution in [0, 0.1) is 11.3 Å². The highest BCUT2D eigenvalue weighted by Crippen LogP contribution is 2.29. The Bertz CT molecular complexity index is 807. The third-order valence-electron chi connectivity index (χ3n) is 2.67. The molecule has 122 valence electrons. The lowest BCUT2D eigenvalue weighted by Gasteiger charge is -2.06. The smallest absolute Gasteiger partial charge is 0.276 e. The van der Waals surface area contributed by atoms with Crippen LogP contribution in [0.2, 0.25) is 5.02 Å². The van der Waals surface area contributed by atoms with Gasteiger partial charge >= 0.3 is 6.18 Å². The SMILES string of the molecule is N#CC(N=Nc1cccc(Cl)c1)=NNc1ccc(C(F)(F)F)cc1. The number of benzene rings is 2. The Morgan fingerprint density at radius 2 is 1.83 bits per heavy atom. The molecule has 0 aliphatic heterocycles. The first-order valence-corrected chi connectivity index (χ1v) is 6.84. The van der Waals surface area contributed by atoms with E-state index in [1.807, 2.05) is 0 Å². The van der Waals surface area contributed by atoms with Crippen molar-refractivity contribution in [1.82, 2.24) is 0 Å². The van der Waals surface area contributed by atoms with E-state index in [1.165, 1.54) is 12.1 Å². The van der Waals surface area contributed by atoms with Crippen molar-refractivity contribution < 1.29 is 13.2 Å². The number of nitrogens with one attached hydrogen (secondary N) is 1. The molecule has 0 fully saturated rings. The Kier molecular flexibility index (Phi) is 5.50. The predicted octanol–water partition coefficient (Wildman–Crippen LogP) is 5.39. The van der Waals surface area contributed by atoms with E-state index < -0.39 is 11.7 Å². The van der Waals surface area contributed by atoms with Crippen LogP contribution in [-0.4, -0.2) is 5.84 Å². The van der Waals surface area contributed by atoms with Crippen molar-refractivity contribution in [3.8, 4) is 6.07 Å². The van der Waals surface area contributed by atoms with E-state index in [1.54, 1.807) is 30.3 Å². The molecule has 0 amide bonds. The van der Waals surface area contributed by atoms with Crippen molar-refractivity contribution in [2.45, 2.75) is 6.18 Å². The van der Waals surface area contributed by atoms with E-state index in [-0.39, 0.29) is 11.5 Å². The van der Waals surface area contributed by atoms with Crippen LogP contribution in [0.3, 0.4) is 0 Å². The highest BCUT2D eigenvalue weighted by atomic mass is 35.5. The maximum atomic E-state index is 12.5. The van der Waals surface area contributed by atoms with E-state index >= 15 is 0 Å². The highest BCUT2D eigenvalue weighted by molar-refractivity contribution is 6.30. The van der Waals surface area contributed by atoms with Crippen molar-refractivity contribution >= 4 is 28.8 Å². The number of nitrogens with zero attached hydrogens (tertiary/aromatic N) is 4. The summed E-state index contributed by atoms with van der Waals surface area (Å²) in [6, 6.07) is 12.4. The average molecular weight is 352 g/mol. The van der Waals surface area contributed by atoms with Gasteiger partial charge in [-0.2, -0.15) is 18.4 Å². The number of amidine groups is 1. The fourth-order valence-electron chi connectivity index (χ4n) is 1.56. The average Bonchev–Trinajstić information content (AvgIpc) is 2.55. The summed E-state index contributed by atoms with van der Waals surface area (Å²) in [5.74, 6) is -0.296. The van der Waals surface area contributed by atoms with Gasteiger partial charge in [-0.3, -0.25) is 5.43 Å². The summed E-state index contributed by atoms with van der Waals surface area (Å²) in [5.41, 5.74) is 2.36. The Hall–Kier alpha value is -2.92. The van der Waals surface area contributed by atoms with Crippen LogP contribution in [0.4, 0.5) is 24.5 Å². The summed E-state index contributed by atoms with van der Waals surface area (Å²) in [7, 11) is 0. The zero-order chi connectivity index (χ0) is 17.6. The molecule has 5 nitrogen and oxygen atoms in total. The molecule has 0 radical (unpaired) electrons. The van der Waals surface area contributed by atoms with E-state index in [0.717, 1.165) is 12.1 Å². The van der Waals surface area contributed by atoms with E-state index in [0.29, 0.717) is 10.7 Å². The van der Waals surface area contributed by atoms with Gasteiger partial charge in [-0.05, 0) is 42.5 Å². The predicted molar refractivity (Wildman–Crippen MR) is 84.1 cm³/mol. The molecule has 0 aromatic heterocycles. The van der Waals surface area contributed by atoms with Gasteiger partial charge in [0.2, 0.25) is 0 Å². The second-order valence-electron chi connectivity index (χ2n) is 4.41. The number of alkyl halides is 3. The van der Waals surface area contributed by atoms with Crippen LogP contribution in [0.1, 0.15) is 5.56 Å². The second-order valence-corrected chi connectivity index (χ2v) is 4.85. The lowest BCUT2D eigenvalue weighted by atomic mass is 10.2. The summed E-state index contributed by atoms with van der Waals surface area (Å²) in [6.07, 6.45) is -4.41. The summed E-state index contributed by atoms with van der Waals surface area (Å²) in [4.78, 5) is 0. The molecule has 0 atom stereocenters. The van der Waals surface area contributed by atoms with Gasteiger partial charge in [0.25, 0.3) is 5.84 Å². The van der Waals surface area contributed by atoms with Crippen LogP contribution >= 0.6 is 11.6 Å². The van der Waals surface area contributed by atoms with Crippen molar-refractivity contribution in [3.63, 3.8) is 0 Å². The van der Waals surface area contributed by atoms with Crippen LogP contribution in [0.25, 0.3) is 0 Å². The molecule has 1 N–H and O–H groups in total. The molecule has 0 unspecified atom stereocenters. The minimum absolute atomic E-state index is 0.272. The van der Waals surface area contributed by atoms with Crippen molar-refractivity contribution in [1.29, 1.82) is 5.26 Å². The molecule has 2 rings (SSSR count). The number of hydrogen-bond acceptors (Lipinski definition) is 4. The van der Waals surface area contributed by atoms with E-state index in [4.69, 9.17) is 16.9 Å². The Morgan fingerprint density at radius 1 is 1.12 bits per heavy atom. The molecule has 2 aromatic rings. The van der Waals surface area contributed by atoms with Crippen LogP contribution in [-0.2, 0) is 6.18 Å². The summed E-state index contributed by atoms with van der Waals surface area (Å²) < 4.78 is 37.4. The first-order chi connectivity index (χ1) is 11.4. The van der Waals surface area contributed by atoms with Gasteiger partial charge in [-0.1, -0.05) is 17.7 Å². The zero-order valence-corrected chi connectivity index (χ0v) is 12.7. The van der Waals surface area contributed by atoms with Crippen molar-refractivity contribution in [3.05, 3.63) is 59.1 Å². The monoisotopic (exact) mass is 351 g/mol. The minimum atomic E-state index is -4.41. The topological polar surface area (TPSA) is 72.9 Å². The molecule has 2 aromatic carbocycles. The van der Waals surface area contributed by atoms with Gasteiger partial charge in [0.05, 0.1) is 16.9 Å². The first-order valence-electron chi connectivity index (χ1n) is 6.47. The molecule has 9 heteroatoms. The van der Waals surface area contributed by atoms with Crippen LogP contribution in [0.5, 0.6) is 0 Å². The fourth-order valence-corrected chi connectivity index (χ4v) is 1.75. The number of nitriles is 1. The highest BCUT2D eigenvalue weighted by Gasteiger charge is 2.29. The molecule has 0 spiro atoms. The normalized spacial score (nSPS) is 12.2. The molecule has 0 aliphatic carbocycles. The third kappa shape index (κ3) is 5.07. The minimum Gasteiger partial charge on any atom is -0.276 e. The van der Waals surface area contributed by atoms with Gasteiger partial charge in [-0.25, -0.2) is 0 Å². The van der Waals surface area contributed by atoms with Gasteiger partial charge in [-0.15, -0.1) is 15.3 Å². The zero-order valence-electron chi connectivity index (χ0n) is 11.9. The number of anilines is 1. The van der Waals surface area contributed by atoms with Gasteiger partial charge in [0.1, 0.15) is 6.07 Å². The number of hydrazone groups is 1. The van der Waals surface area contributed by atoms with E-state index in [9.17, 15) is 13.2 Å². The number of halogens is 4. The summed E-state index contributed by atoms with van der Waals surface area (Å²) in [6.45, 7) is 0. The van der Waals surface area contributed by atoms with Crippen LogP contribution < -0.4 is 5.43 Å². The lowest BCUT2D eigenvalue weighted by Crippen LogP contribution is -2.04. The summed E-state index contributed by atoms with van der Waals surface area (Å²) >= 11 is 5.79. The van der Waals surface area contributed by atoms with Crippen LogP contribution in [0.15, 0.2) is 63.9 Å². The molecule has 0 saturated heterocycles. The number of hydrogen-bond donors (Lipinski definition) is 1. The molecular formula is C15H9ClF3N5. The van der Waals surface area contributed by atoms with Crippen molar-refractivity contribution in [2.75, 3.05) is 5.43 Å². The molecule has 0 aliphatic rings. The molecular weight excluding hydrogens is 343 g/mol. The molecule has 0 heterocycles. The Balaban J connectivity index is 2.07. The largest absolute Gasteiger partial charge is 0.416 e. The van der Waals surface area contributed by atoms with Gasteiger partial charge in [0.15, 0.2) is 0 Å². The standard InChI is InChI=1S/C15H9ClF3N5/c16-11-2-1-3-13(8-11)22-24-14(9-20)23-21-12-6-4-10(5-7-12)15(17,18)19/h1-8,21H. The number of rotatable bonds is 3. The Morgan fingerprint density at radius 3 is 2.42 bits per heavy atom. The first kappa shape index (κ1) is 17.4. The van der Waals surface area contributed by atoms with Crippen molar-refractivity contribution in [2.24, 2.45) is 15.3 Å². The molecule has 0 saturated carbocycles. The lowest BCUT2D eigenvalue weighted by molar-refractivity contribution is -0.137. The maximum absolute atomic E-state index is 12.5. The number of azo groups is 1. The summed E-state index contributed by atoms with van der Waals surface area (Å²) in [5, 5.41) is 20.5. The molecule has 24 heavy (non-hydrogen) atoms. The molecule has 0 bridgehead atoms. The van der Waals surface area contributed by atoms with E-state index in [2.05, 4.69) is 20.8 Å². The maximum Gasteiger partial charge on any atom is 0.416 e.